The lowest BCUT2D eigenvalue weighted by atomic mass is 9.83. The Hall–Kier alpha value is -2.94. The van der Waals surface area contributed by atoms with E-state index < -0.39 is 0 Å². The Labute approximate surface area is 166 Å². The second kappa shape index (κ2) is 6.55. The molecular weight excluding hydrogens is 372 g/mol. The lowest BCUT2D eigenvalue weighted by molar-refractivity contribution is 0.117. The topological polar surface area (TPSA) is 87.1 Å². The maximum atomic E-state index is 12.6. The Bertz CT molecular complexity index is 1280. The zero-order chi connectivity index (χ0) is 20.3. The van der Waals surface area contributed by atoms with Gasteiger partial charge in [-0.25, -0.2) is 9.78 Å². The van der Waals surface area contributed by atoms with Gasteiger partial charge in [0, 0.05) is 64.5 Å². The highest BCUT2D eigenvalue weighted by Crippen LogP contribution is 2.34. The molecule has 3 aromatic heterocycles. The van der Waals surface area contributed by atoms with Gasteiger partial charge in [-0.15, -0.1) is 0 Å². The Morgan fingerprint density at radius 1 is 1.03 bits per heavy atom. The normalized spacial score (nSPS) is 21.4. The molecule has 2 atom stereocenters. The van der Waals surface area contributed by atoms with Crippen molar-refractivity contribution in [3.8, 4) is 0 Å². The average molecular weight is 396 g/mol. The molecule has 2 bridgehead atoms. The standard InChI is InChI=1S/C20H24N6O3/c1-22-18-17(19(28)23(2)20(22)29)25(12-21-18)7-6-24-9-13-8-14(11-24)15-4-3-5-16(27)26(15)10-13/h3-5,12-14H,6-11H2,1-2H3/t13-,14-/m0/s1. The van der Waals surface area contributed by atoms with E-state index >= 15 is 0 Å². The molecule has 1 fully saturated rings. The first-order valence-electron chi connectivity index (χ1n) is 9.97. The van der Waals surface area contributed by atoms with E-state index in [1.54, 1.807) is 19.4 Å². The molecule has 9 nitrogen and oxygen atoms in total. The molecule has 3 aromatic rings. The number of rotatable bonds is 3. The van der Waals surface area contributed by atoms with E-state index in [2.05, 4.69) is 16.0 Å². The summed E-state index contributed by atoms with van der Waals surface area (Å²) in [5.74, 6) is 0.833. The Morgan fingerprint density at radius 2 is 1.86 bits per heavy atom. The fourth-order valence-electron chi connectivity index (χ4n) is 4.99. The van der Waals surface area contributed by atoms with Gasteiger partial charge >= 0.3 is 5.69 Å². The van der Waals surface area contributed by atoms with Crippen molar-refractivity contribution in [2.45, 2.75) is 25.4 Å². The van der Waals surface area contributed by atoms with Crippen molar-refractivity contribution in [3.63, 3.8) is 0 Å². The van der Waals surface area contributed by atoms with Gasteiger partial charge in [0.25, 0.3) is 11.1 Å². The van der Waals surface area contributed by atoms with Crippen LogP contribution in [0.1, 0.15) is 18.0 Å². The van der Waals surface area contributed by atoms with E-state index in [-0.39, 0.29) is 16.8 Å². The van der Waals surface area contributed by atoms with Crippen molar-refractivity contribution in [1.29, 1.82) is 0 Å². The van der Waals surface area contributed by atoms with Crippen LogP contribution >= 0.6 is 0 Å². The number of likely N-dealkylation sites (tertiary alicyclic amines) is 1. The summed E-state index contributed by atoms with van der Waals surface area (Å²) in [6.45, 7) is 4.05. The van der Waals surface area contributed by atoms with Crippen molar-refractivity contribution >= 4 is 11.2 Å². The molecule has 0 aliphatic carbocycles. The van der Waals surface area contributed by atoms with E-state index in [0.29, 0.717) is 29.5 Å². The number of nitrogens with zero attached hydrogens (tertiary/aromatic N) is 6. The summed E-state index contributed by atoms with van der Waals surface area (Å²) < 4.78 is 6.32. The second-order valence-electron chi connectivity index (χ2n) is 8.27. The Kier molecular flexibility index (Phi) is 4.09. The van der Waals surface area contributed by atoms with Gasteiger partial charge in [-0.2, -0.15) is 0 Å². The number of hydrogen-bond donors (Lipinski definition) is 0. The summed E-state index contributed by atoms with van der Waals surface area (Å²) in [6.07, 6.45) is 2.77. The first kappa shape index (κ1) is 18.1. The Morgan fingerprint density at radius 3 is 2.69 bits per heavy atom. The third-order valence-corrected chi connectivity index (χ3v) is 6.43. The number of hydrogen-bond acceptors (Lipinski definition) is 5. The maximum absolute atomic E-state index is 12.6. The molecule has 0 saturated carbocycles. The molecule has 2 aliphatic heterocycles. The third kappa shape index (κ3) is 2.79. The molecule has 2 aliphatic rings. The van der Waals surface area contributed by atoms with Gasteiger partial charge < -0.3 is 14.0 Å². The van der Waals surface area contributed by atoms with E-state index in [0.717, 1.165) is 42.9 Å². The highest BCUT2D eigenvalue weighted by Gasteiger charge is 2.34. The molecule has 0 unspecified atom stereocenters. The summed E-state index contributed by atoms with van der Waals surface area (Å²) in [5.41, 5.74) is 1.42. The van der Waals surface area contributed by atoms with Crippen LogP contribution in [-0.4, -0.2) is 47.8 Å². The van der Waals surface area contributed by atoms with E-state index in [1.165, 1.54) is 11.6 Å². The molecule has 5 heterocycles. The van der Waals surface area contributed by atoms with Gasteiger partial charge in [0.2, 0.25) is 0 Å². The smallest absolute Gasteiger partial charge is 0.323 e. The fraction of sp³-hybridized carbons (Fsp3) is 0.500. The van der Waals surface area contributed by atoms with Crippen LogP contribution in [0, 0.1) is 5.92 Å². The minimum Gasteiger partial charge on any atom is -0.323 e. The van der Waals surface area contributed by atoms with Crippen LogP contribution in [0.25, 0.3) is 11.2 Å². The second-order valence-corrected chi connectivity index (χ2v) is 8.27. The molecule has 5 rings (SSSR count). The van der Waals surface area contributed by atoms with Gasteiger partial charge in [-0.1, -0.05) is 6.07 Å². The van der Waals surface area contributed by atoms with Crippen LogP contribution < -0.4 is 16.8 Å². The molecule has 152 valence electrons. The van der Waals surface area contributed by atoms with Crippen molar-refractivity contribution < 1.29 is 0 Å². The van der Waals surface area contributed by atoms with Crippen LogP contribution in [0.4, 0.5) is 0 Å². The SMILES string of the molecule is Cn1c(=O)c2c(ncn2CCN2C[C@@H]3C[C@@H](C2)c2cccc(=O)n2C3)n(C)c1=O. The molecule has 0 amide bonds. The maximum Gasteiger partial charge on any atom is 0.332 e. The summed E-state index contributed by atoms with van der Waals surface area (Å²) in [7, 11) is 3.12. The summed E-state index contributed by atoms with van der Waals surface area (Å²) in [4.78, 5) is 43.6. The van der Waals surface area contributed by atoms with Gasteiger partial charge in [0.1, 0.15) is 0 Å². The molecular formula is C20H24N6O3. The van der Waals surface area contributed by atoms with Gasteiger partial charge in [-0.3, -0.25) is 18.7 Å². The minimum absolute atomic E-state index is 0.0944. The highest BCUT2D eigenvalue weighted by atomic mass is 16.2. The zero-order valence-electron chi connectivity index (χ0n) is 16.6. The summed E-state index contributed by atoms with van der Waals surface area (Å²) in [5, 5.41) is 0. The van der Waals surface area contributed by atoms with Crippen molar-refractivity contribution in [2.24, 2.45) is 20.0 Å². The molecule has 0 aromatic carbocycles. The van der Waals surface area contributed by atoms with Crippen LogP contribution in [0.15, 0.2) is 38.9 Å². The lowest BCUT2D eigenvalue weighted by Crippen LogP contribution is -2.47. The van der Waals surface area contributed by atoms with Crippen LogP contribution in [0.3, 0.4) is 0 Å². The predicted octanol–water partition coefficient (Wildman–Crippen LogP) is -0.285. The molecule has 29 heavy (non-hydrogen) atoms. The van der Waals surface area contributed by atoms with Crippen LogP contribution in [0.5, 0.6) is 0 Å². The van der Waals surface area contributed by atoms with Gasteiger partial charge in [0.15, 0.2) is 11.2 Å². The van der Waals surface area contributed by atoms with E-state index in [1.807, 2.05) is 15.2 Å². The monoisotopic (exact) mass is 396 g/mol. The fourth-order valence-corrected chi connectivity index (χ4v) is 4.99. The van der Waals surface area contributed by atoms with Crippen LogP contribution in [0.2, 0.25) is 0 Å². The number of pyridine rings is 1. The van der Waals surface area contributed by atoms with Gasteiger partial charge in [0.05, 0.1) is 6.33 Å². The zero-order valence-corrected chi connectivity index (χ0v) is 16.6. The number of aromatic nitrogens is 5. The first-order chi connectivity index (χ1) is 13.9. The Balaban J connectivity index is 1.39. The number of aryl methyl sites for hydroxylation is 1. The molecule has 9 heteroatoms. The van der Waals surface area contributed by atoms with Crippen molar-refractivity contribution in [3.05, 3.63) is 61.4 Å². The summed E-state index contributed by atoms with van der Waals surface area (Å²) in [6, 6.07) is 5.56. The highest BCUT2D eigenvalue weighted by molar-refractivity contribution is 5.69. The number of piperidine rings is 1. The lowest BCUT2D eigenvalue weighted by Gasteiger charge is -2.42. The predicted molar refractivity (Wildman–Crippen MR) is 108 cm³/mol. The number of fused-ring (bicyclic) bond motifs is 5. The van der Waals surface area contributed by atoms with Crippen LogP contribution in [-0.2, 0) is 27.2 Å². The largest absolute Gasteiger partial charge is 0.332 e. The molecule has 0 spiro atoms. The molecule has 1 saturated heterocycles. The van der Waals surface area contributed by atoms with Crippen molar-refractivity contribution in [2.75, 3.05) is 19.6 Å². The first-order valence-corrected chi connectivity index (χ1v) is 9.97. The summed E-state index contributed by atoms with van der Waals surface area (Å²) >= 11 is 0. The quantitative estimate of drug-likeness (QED) is 0.608. The van der Waals surface area contributed by atoms with Crippen molar-refractivity contribution in [1.82, 2.24) is 28.2 Å². The molecule has 0 radical (unpaired) electrons. The third-order valence-electron chi connectivity index (χ3n) is 6.43. The number of imidazole rings is 1. The van der Waals surface area contributed by atoms with E-state index in [9.17, 15) is 14.4 Å². The molecule has 0 N–H and O–H groups in total. The van der Waals surface area contributed by atoms with Gasteiger partial charge in [-0.05, 0) is 18.4 Å². The minimum atomic E-state index is -0.370. The van der Waals surface area contributed by atoms with E-state index in [4.69, 9.17) is 0 Å². The average Bonchev–Trinajstić information content (AvgIpc) is 3.14.